The third kappa shape index (κ3) is 3.87. The number of anilines is 1. The number of halogens is 2. The second kappa shape index (κ2) is 8.24. The quantitative estimate of drug-likeness (QED) is 0.583. The number of nitrogens with zero attached hydrogens (tertiary/aromatic N) is 2. The van der Waals surface area contributed by atoms with E-state index in [0.29, 0.717) is 16.4 Å². The number of benzene rings is 1. The molecule has 30 heavy (non-hydrogen) atoms. The zero-order valence-electron chi connectivity index (χ0n) is 16.6. The van der Waals surface area contributed by atoms with Crippen molar-refractivity contribution in [1.82, 2.24) is 9.47 Å². The summed E-state index contributed by atoms with van der Waals surface area (Å²) >= 11 is 7.22. The zero-order chi connectivity index (χ0) is 21.4. The van der Waals surface area contributed by atoms with Gasteiger partial charge in [-0.05, 0) is 61.7 Å². The van der Waals surface area contributed by atoms with Crippen molar-refractivity contribution < 1.29 is 14.0 Å². The monoisotopic (exact) mass is 445 g/mol. The van der Waals surface area contributed by atoms with Gasteiger partial charge in [0.05, 0.1) is 26.5 Å². The van der Waals surface area contributed by atoms with Crippen LogP contribution >= 0.6 is 22.9 Å². The molecule has 0 saturated carbocycles. The predicted octanol–water partition coefficient (Wildman–Crippen LogP) is 5.42. The fraction of sp³-hybridized carbons (Fsp3) is 0.273. The largest absolute Gasteiger partial charge is 0.353 e. The summed E-state index contributed by atoms with van der Waals surface area (Å²) in [7, 11) is 1.99. The van der Waals surface area contributed by atoms with E-state index in [1.165, 1.54) is 23.5 Å². The molecule has 3 heterocycles. The van der Waals surface area contributed by atoms with Crippen LogP contribution in [0, 0.1) is 12.7 Å². The summed E-state index contributed by atoms with van der Waals surface area (Å²) in [5.74, 6) is -0.973. The third-order valence-corrected chi connectivity index (χ3v) is 6.82. The van der Waals surface area contributed by atoms with E-state index < -0.39 is 11.7 Å². The minimum atomic E-state index is -0.505. The van der Waals surface area contributed by atoms with Crippen molar-refractivity contribution >= 4 is 39.8 Å². The maximum absolute atomic E-state index is 13.3. The van der Waals surface area contributed by atoms with E-state index in [-0.39, 0.29) is 22.5 Å². The van der Waals surface area contributed by atoms with Crippen LogP contribution in [0.1, 0.15) is 50.2 Å². The lowest BCUT2D eigenvalue weighted by Gasteiger charge is -2.25. The standard InChI is InChI=1S/C22H21ClFN3O2S/c1-13-11-19(25-21(28)15-8-7-14(24)12-16(15)23)30-20(13)22(29)27-10-4-6-18(27)17-5-3-9-26(17)2/h3,5,7-9,11-12,18H,4,6,10H2,1-2H3,(H,25,28). The molecule has 1 atom stereocenters. The van der Waals surface area contributed by atoms with Gasteiger partial charge < -0.3 is 14.8 Å². The molecule has 1 fully saturated rings. The summed E-state index contributed by atoms with van der Waals surface area (Å²) in [4.78, 5) is 28.3. The van der Waals surface area contributed by atoms with Crippen LogP contribution in [-0.2, 0) is 7.05 Å². The van der Waals surface area contributed by atoms with Crippen LogP contribution in [-0.4, -0.2) is 27.8 Å². The number of carbonyl (C=O) groups is 2. The molecule has 156 valence electrons. The van der Waals surface area contributed by atoms with Crippen LogP contribution in [0.5, 0.6) is 0 Å². The van der Waals surface area contributed by atoms with Gasteiger partial charge in [-0.25, -0.2) is 4.39 Å². The van der Waals surface area contributed by atoms with Gasteiger partial charge in [0.1, 0.15) is 5.82 Å². The number of likely N-dealkylation sites (tertiary alicyclic amines) is 1. The lowest BCUT2D eigenvalue weighted by molar-refractivity contribution is 0.0735. The Kier molecular flexibility index (Phi) is 5.66. The van der Waals surface area contributed by atoms with Gasteiger partial charge in [0, 0.05) is 25.5 Å². The molecule has 0 spiro atoms. The Morgan fingerprint density at radius 2 is 2.07 bits per heavy atom. The molecule has 1 saturated heterocycles. The molecule has 1 unspecified atom stereocenters. The summed E-state index contributed by atoms with van der Waals surface area (Å²) in [5, 5.41) is 3.36. The molecule has 1 aromatic carbocycles. The molecular weight excluding hydrogens is 425 g/mol. The summed E-state index contributed by atoms with van der Waals surface area (Å²) < 4.78 is 15.3. The SMILES string of the molecule is Cc1cc(NC(=O)c2ccc(F)cc2Cl)sc1C(=O)N1CCCC1c1cccn1C. The fourth-order valence-corrected chi connectivity index (χ4v) is 5.15. The number of hydrogen-bond donors (Lipinski definition) is 1. The maximum Gasteiger partial charge on any atom is 0.264 e. The Balaban J connectivity index is 1.54. The number of thiophene rings is 1. The van der Waals surface area contributed by atoms with Crippen molar-refractivity contribution in [3.05, 3.63) is 75.1 Å². The first-order chi connectivity index (χ1) is 14.3. The second-order valence-electron chi connectivity index (χ2n) is 7.40. The second-order valence-corrected chi connectivity index (χ2v) is 8.86. The molecule has 2 amide bonds. The average molecular weight is 446 g/mol. The molecule has 4 rings (SSSR count). The lowest BCUT2D eigenvalue weighted by atomic mass is 10.1. The zero-order valence-corrected chi connectivity index (χ0v) is 18.2. The summed E-state index contributed by atoms with van der Waals surface area (Å²) in [6.07, 6.45) is 3.88. The van der Waals surface area contributed by atoms with Gasteiger partial charge in [0.15, 0.2) is 0 Å². The summed E-state index contributed by atoms with van der Waals surface area (Å²) in [5.41, 5.74) is 2.11. The Bertz CT molecular complexity index is 1120. The summed E-state index contributed by atoms with van der Waals surface area (Å²) in [6, 6.07) is 9.50. The average Bonchev–Trinajstić information content (AvgIpc) is 3.40. The lowest BCUT2D eigenvalue weighted by Crippen LogP contribution is -2.31. The maximum atomic E-state index is 13.3. The van der Waals surface area contributed by atoms with E-state index in [2.05, 4.69) is 16.0 Å². The molecule has 3 aromatic rings. The van der Waals surface area contributed by atoms with Gasteiger partial charge in [-0.15, -0.1) is 11.3 Å². The van der Waals surface area contributed by atoms with E-state index in [0.717, 1.165) is 30.2 Å². The topological polar surface area (TPSA) is 54.3 Å². The number of amides is 2. The summed E-state index contributed by atoms with van der Waals surface area (Å²) in [6.45, 7) is 2.57. The first-order valence-corrected chi connectivity index (χ1v) is 10.8. The van der Waals surface area contributed by atoms with E-state index in [4.69, 9.17) is 11.6 Å². The Morgan fingerprint density at radius 1 is 1.27 bits per heavy atom. The highest BCUT2D eigenvalue weighted by atomic mass is 35.5. The van der Waals surface area contributed by atoms with Crippen LogP contribution in [0.4, 0.5) is 9.39 Å². The minimum absolute atomic E-state index is 0.0264. The molecule has 0 bridgehead atoms. The Labute approximate surface area is 183 Å². The van der Waals surface area contributed by atoms with Gasteiger partial charge in [-0.1, -0.05) is 11.6 Å². The van der Waals surface area contributed by atoms with Crippen LogP contribution in [0.15, 0.2) is 42.6 Å². The number of aryl methyl sites for hydroxylation is 2. The van der Waals surface area contributed by atoms with Crippen molar-refractivity contribution in [2.75, 3.05) is 11.9 Å². The van der Waals surface area contributed by atoms with Crippen molar-refractivity contribution in [3.63, 3.8) is 0 Å². The van der Waals surface area contributed by atoms with Gasteiger partial charge in [0.25, 0.3) is 11.8 Å². The van der Waals surface area contributed by atoms with Crippen molar-refractivity contribution in [2.45, 2.75) is 25.8 Å². The van der Waals surface area contributed by atoms with Crippen molar-refractivity contribution in [3.8, 4) is 0 Å². The molecule has 5 nitrogen and oxygen atoms in total. The fourth-order valence-electron chi connectivity index (χ4n) is 3.88. The molecule has 0 radical (unpaired) electrons. The van der Waals surface area contributed by atoms with Crippen LogP contribution < -0.4 is 5.32 Å². The molecular formula is C22H21ClFN3O2S. The van der Waals surface area contributed by atoms with Crippen LogP contribution in [0.3, 0.4) is 0 Å². The Morgan fingerprint density at radius 3 is 2.77 bits per heavy atom. The number of aromatic nitrogens is 1. The molecule has 0 aliphatic carbocycles. The van der Waals surface area contributed by atoms with Gasteiger partial charge in [-0.3, -0.25) is 9.59 Å². The highest BCUT2D eigenvalue weighted by molar-refractivity contribution is 7.18. The number of hydrogen-bond acceptors (Lipinski definition) is 3. The van der Waals surface area contributed by atoms with E-state index in [1.54, 1.807) is 6.07 Å². The van der Waals surface area contributed by atoms with E-state index >= 15 is 0 Å². The molecule has 2 aromatic heterocycles. The minimum Gasteiger partial charge on any atom is -0.353 e. The third-order valence-electron chi connectivity index (χ3n) is 5.36. The highest BCUT2D eigenvalue weighted by Gasteiger charge is 2.33. The van der Waals surface area contributed by atoms with Crippen molar-refractivity contribution in [1.29, 1.82) is 0 Å². The molecule has 1 aliphatic heterocycles. The molecule has 8 heteroatoms. The first kappa shape index (κ1) is 20.6. The Hall–Kier alpha value is -2.64. The van der Waals surface area contributed by atoms with Crippen LogP contribution in [0.2, 0.25) is 5.02 Å². The molecule has 1 aliphatic rings. The van der Waals surface area contributed by atoms with Gasteiger partial charge in [0.2, 0.25) is 0 Å². The number of rotatable bonds is 4. The normalized spacial score (nSPS) is 16.1. The number of carbonyl (C=O) groups excluding carboxylic acids is 2. The van der Waals surface area contributed by atoms with Gasteiger partial charge >= 0.3 is 0 Å². The smallest absolute Gasteiger partial charge is 0.264 e. The number of nitrogens with one attached hydrogen (secondary N) is 1. The first-order valence-electron chi connectivity index (χ1n) is 9.64. The molecule has 1 N–H and O–H groups in total. The van der Waals surface area contributed by atoms with Gasteiger partial charge in [-0.2, -0.15) is 0 Å². The van der Waals surface area contributed by atoms with E-state index in [1.807, 2.05) is 31.1 Å². The highest BCUT2D eigenvalue weighted by Crippen LogP contribution is 2.36. The van der Waals surface area contributed by atoms with Crippen molar-refractivity contribution in [2.24, 2.45) is 7.05 Å². The predicted molar refractivity (Wildman–Crippen MR) is 117 cm³/mol. The van der Waals surface area contributed by atoms with Crippen LogP contribution in [0.25, 0.3) is 0 Å². The van der Waals surface area contributed by atoms with E-state index in [9.17, 15) is 14.0 Å².